The molecule has 0 heterocycles. The van der Waals surface area contributed by atoms with Crippen LogP contribution in [0.5, 0.6) is 0 Å². The number of allylic oxidation sites excluding steroid dienone is 4. The van der Waals surface area contributed by atoms with Crippen molar-refractivity contribution in [2.45, 2.75) is 132 Å². The molecule has 8 rings (SSSR count). The Balaban J connectivity index is 0.00000360. The number of rotatable bonds is 7. The van der Waals surface area contributed by atoms with Crippen LogP contribution in [0.3, 0.4) is 0 Å². The van der Waals surface area contributed by atoms with Crippen LogP contribution in [0, 0.1) is 52.9 Å². The van der Waals surface area contributed by atoms with Crippen molar-refractivity contribution in [3.63, 3.8) is 0 Å². The van der Waals surface area contributed by atoms with E-state index in [2.05, 4.69) is 232 Å². The van der Waals surface area contributed by atoms with E-state index in [-0.39, 0.29) is 44.7 Å². The zero-order valence-electron chi connectivity index (χ0n) is 42.7. The van der Waals surface area contributed by atoms with Crippen LogP contribution in [0.25, 0.3) is 33.4 Å². The summed E-state index contributed by atoms with van der Waals surface area (Å²) in [6, 6.07) is 43.5. The van der Waals surface area contributed by atoms with Gasteiger partial charge in [0.15, 0.2) is 0 Å². The number of fused-ring (bicyclic) bond motifs is 3. The molecule has 3 heteroatoms. The molecule has 0 fully saturated rings. The Bertz CT molecular complexity index is 2690. The monoisotopic (exact) mass is 988 g/mol. The number of hydrogen-bond donors (Lipinski definition) is 0. The van der Waals surface area contributed by atoms with Crippen molar-refractivity contribution in [3.05, 3.63) is 197 Å². The molecule has 0 saturated carbocycles. The van der Waals surface area contributed by atoms with Crippen molar-refractivity contribution < 1.29 is 46.1 Å². The van der Waals surface area contributed by atoms with Gasteiger partial charge in [0.2, 0.25) is 0 Å². The maximum absolute atomic E-state index is 3.21. The van der Waals surface area contributed by atoms with Crippen LogP contribution in [0.4, 0.5) is 0 Å². The predicted octanol–water partition coefficient (Wildman–Crippen LogP) is 11.3. The van der Waals surface area contributed by atoms with E-state index >= 15 is 0 Å². The number of hydrogen-bond acceptors (Lipinski definition) is 0. The van der Waals surface area contributed by atoms with Gasteiger partial charge in [0.25, 0.3) is 0 Å². The van der Waals surface area contributed by atoms with Crippen molar-refractivity contribution >= 4 is 3.21 Å². The predicted molar refractivity (Wildman–Crippen MR) is 276 cm³/mol. The van der Waals surface area contributed by atoms with E-state index in [4.69, 9.17) is 0 Å². The standard InChI is InChI=1S/C39H45.C13H10.C11H17.2ClH.Zr/c1-22-13-24(3)36(25(4)14-22)32-18-28-17-29-19-33(37-26(5)15-23(2)16-27(37)6)35(39(10,11)12)21-31(29)30(28)20-34(32)38(7,8)9;1-3-7-12(8-4-1)11-13-9-5-2-6-10-13;1-5-9-6-7-10(8-9)11(2,3)4;;;/h13-21H,1-12H3;1-10H;7-9H,5H2,1-4H3;2*1H;/q;;;;;+2/p-2. The fraction of sp³-hybridized carbons (Fsp3) is 0.349. The van der Waals surface area contributed by atoms with Crippen molar-refractivity contribution in [2.75, 3.05) is 0 Å². The number of aryl methyl sites for hydroxylation is 6. The van der Waals surface area contributed by atoms with Gasteiger partial charge in [0.1, 0.15) is 0 Å². The topological polar surface area (TPSA) is 0 Å². The number of benzene rings is 6. The largest absolute Gasteiger partial charge is 1.00 e. The first-order chi connectivity index (χ1) is 30.1. The van der Waals surface area contributed by atoms with Crippen molar-refractivity contribution in [1.29, 1.82) is 0 Å². The molecule has 2 aliphatic rings. The number of halogens is 2. The zero-order chi connectivity index (χ0) is 46.2. The van der Waals surface area contributed by atoms with E-state index in [9.17, 15) is 0 Å². The molecule has 0 aliphatic heterocycles. The summed E-state index contributed by atoms with van der Waals surface area (Å²) in [4.78, 5) is 0. The summed E-state index contributed by atoms with van der Waals surface area (Å²) >= 11 is -3.21. The van der Waals surface area contributed by atoms with Gasteiger partial charge in [-0.15, -0.1) is 0 Å². The van der Waals surface area contributed by atoms with Crippen molar-refractivity contribution in [1.82, 2.24) is 0 Å². The van der Waals surface area contributed by atoms with Gasteiger partial charge in [-0.3, -0.25) is 0 Å². The molecule has 342 valence electrons. The molecule has 0 bridgehead atoms. The van der Waals surface area contributed by atoms with Crippen molar-refractivity contribution in [2.24, 2.45) is 11.3 Å². The Morgan fingerprint density at radius 1 is 0.485 bits per heavy atom. The van der Waals surface area contributed by atoms with E-state index in [1.54, 1.807) is 6.49 Å². The summed E-state index contributed by atoms with van der Waals surface area (Å²) in [5.41, 5.74) is 26.7. The summed E-state index contributed by atoms with van der Waals surface area (Å²) in [7, 11) is 0. The Morgan fingerprint density at radius 2 is 0.864 bits per heavy atom. The van der Waals surface area contributed by atoms with Crippen molar-refractivity contribution in [3.8, 4) is 33.4 Å². The first kappa shape index (κ1) is 51.5. The van der Waals surface area contributed by atoms with Gasteiger partial charge >= 0.3 is 398 Å². The Morgan fingerprint density at radius 3 is 1.20 bits per heavy atom. The molecule has 6 aromatic rings. The second kappa shape index (κ2) is 19.3. The van der Waals surface area contributed by atoms with E-state index < -0.39 is 21.3 Å². The Hall–Kier alpha value is -3.87. The maximum atomic E-state index is 2.73. The molecule has 0 nitrogen and oxygen atoms in total. The Kier molecular flexibility index (Phi) is 15.0. The third kappa shape index (κ3) is 9.58. The Labute approximate surface area is 419 Å². The van der Waals surface area contributed by atoms with Crippen LogP contribution in [0.2, 0.25) is 0 Å². The maximum Gasteiger partial charge on any atom is -1.00 e. The van der Waals surface area contributed by atoms with Crippen LogP contribution in [-0.4, -0.2) is 3.21 Å². The third-order valence-corrected chi connectivity index (χ3v) is 22.7. The van der Waals surface area contributed by atoms with Crippen LogP contribution in [-0.2, 0) is 32.1 Å². The quantitative estimate of drug-likeness (QED) is 0.150. The minimum atomic E-state index is -3.21. The average Bonchev–Trinajstić information content (AvgIpc) is 3.78. The molecular weight excluding hydrogens is 919 g/mol. The van der Waals surface area contributed by atoms with E-state index in [1.165, 1.54) is 106 Å². The van der Waals surface area contributed by atoms with Gasteiger partial charge in [0, 0.05) is 0 Å². The van der Waals surface area contributed by atoms with Gasteiger partial charge in [-0.25, -0.2) is 0 Å². The molecule has 1 atom stereocenters. The molecule has 0 spiro atoms. The first-order valence-electron chi connectivity index (χ1n) is 23.9. The SMILES string of the molecule is CCC1C=C(C(C)(C)C)C=[C]1[Zr+2](=[C](c1ccccc1)c1ccccc1)[CH]1c2cc(-c3c(C)cc(C)cc3C)c(C(C)(C)C)cc2-c2cc(C(C)(C)C)c(-c3c(C)cc(C)cc3C)cc21.[Cl-].[Cl-]. The second-order valence-electron chi connectivity index (χ2n) is 22.5. The molecule has 66 heavy (non-hydrogen) atoms. The molecular formula is C63H72Cl2Zr. The van der Waals surface area contributed by atoms with Crippen LogP contribution in [0.15, 0.2) is 130 Å². The zero-order valence-corrected chi connectivity index (χ0v) is 46.6. The molecule has 0 saturated heterocycles. The molecule has 6 aromatic carbocycles. The third-order valence-electron chi connectivity index (χ3n) is 14.2. The minimum Gasteiger partial charge on any atom is -1.00 e. The molecule has 0 radical (unpaired) electrons. The molecule has 0 amide bonds. The summed E-state index contributed by atoms with van der Waals surface area (Å²) in [6.07, 6.45) is 6.50. The van der Waals surface area contributed by atoms with E-state index in [0.717, 1.165) is 6.42 Å². The summed E-state index contributed by atoms with van der Waals surface area (Å²) in [5.74, 6) is 0.406. The van der Waals surface area contributed by atoms with Gasteiger partial charge in [-0.05, 0) is 0 Å². The first-order valence-corrected chi connectivity index (χ1v) is 27.8. The minimum absolute atomic E-state index is 0. The van der Waals surface area contributed by atoms with Crippen LogP contribution >= 0.6 is 0 Å². The van der Waals surface area contributed by atoms with Gasteiger partial charge in [-0.1, -0.05) is 0 Å². The van der Waals surface area contributed by atoms with Gasteiger partial charge in [0.05, 0.1) is 0 Å². The average molecular weight is 991 g/mol. The van der Waals surface area contributed by atoms with E-state index in [1.807, 2.05) is 0 Å². The summed E-state index contributed by atoms with van der Waals surface area (Å²) < 4.78 is 3.58. The second-order valence-corrected chi connectivity index (χ2v) is 28.6. The molecule has 2 aliphatic carbocycles. The van der Waals surface area contributed by atoms with E-state index in [0.29, 0.717) is 5.92 Å². The normalized spacial score (nSPS) is 14.6. The molecule has 1 unspecified atom stereocenters. The molecule has 0 N–H and O–H groups in total. The van der Waals surface area contributed by atoms with Crippen LogP contribution < -0.4 is 24.8 Å². The molecule has 0 aromatic heterocycles. The van der Waals surface area contributed by atoms with Crippen LogP contribution in [0.1, 0.15) is 146 Å². The smallest absolute Gasteiger partial charge is 1.00 e. The van der Waals surface area contributed by atoms with Gasteiger partial charge in [-0.2, -0.15) is 0 Å². The summed E-state index contributed by atoms with van der Waals surface area (Å²) in [5, 5.41) is 0. The fourth-order valence-corrected chi connectivity index (χ4v) is 21.1. The summed E-state index contributed by atoms with van der Waals surface area (Å²) in [6.45, 7) is 38.0. The fourth-order valence-electron chi connectivity index (χ4n) is 11.4. The van der Waals surface area contributed by atoms with Gasteiger partial charge < -0.3 is 24.8 Å².